The van der Waals surface area contributed by atoms with Crippen molar-refractivity contribution in [3.8, 4) is 5.69 Å². The molecule has 1 saturated carbocycles. The van der Waals surface area contributed by atoms with E-state index in [1.54, 1.807) is 10.9 Å². The topological polar surface area (TPSA) is 84.2 Å². The van der Waals surface area contributed by atoms with Gasteiger partial charge in [-0.2, -0.15) is 5.10 Å². The average Bonchev–Trinajstić information content (AvgIpc) is 3.09. The van der Waals surface area contributed by atoms with Gasteiger partial charge in [0.05, 0.1) is 23.3 Å². The number of nitrogens with one attached hydrogen (secondary N) is 1. The van der Waals surface area contributed by atoms with Gasteiger partial charge in [-0.25, -0.2) is 4.68 Å². The van der Waals surface area contributed by atoms with Crippen molar-refractivity contribution in [3.05, 3.63) is 48.3 Å². The molecule has 1 aliphatic rings. The maximum absolute atomic E-state index is 12.4. The Labute approximate surface area is 153 Å². The van der Waals surface area contributed by atoms with Gasteiger partial charge < -0.3 is 10.4 Å². The minimum Gasteiger partial charge on any atom is -0.481 e. The number of aryl methyl sites for hydroxylation is 1. The van der Waals surface area contributed by atoms with Crippen LogP contribution in [0.3, 0.4) is 0 Å². The van der Waals surface area contributed by atoms with Gasteiger partial charge >= 0.3 is 5.97 Å². The highest BCUT2D eigenvalue weighted by atomic mass is 16.4. The SMILES string of the molecule is CC1(NC(=O)CCc2cnn(-c3ccccc3)c2)CCCCC1C(=O)O. The van der Waals surface area contributed by atoms with Crippen LogP contribution in [0.2, 0.25) is 0 Å². The summed E-state index contributed by atoms with van der Waals surface area (Å²) in [7, 11) is 0. The lowest BCUT2D eigenvalue weighted by Gasteiger charge is -2.39. The normalized spacial score (nSPS) is 22.7. The van der Waals surface area contributed by atoms with Gasteiger partial charge in [0.1, 0.15) is 0 Å². The van der Waals surface area contributed by atoms with Crippen molar-refractivity contribution in [2.75, 3.05) is 0 Å². The van der Waals surface area contributed by atoms with Crippen molar-refractivity contribution in [3.63, 3.8) is 0 Å². The molecule has 0 aliphatic heterocycles. The molecule has 6 heteroatoms. The minimum atomic E-state index is -0.823. The van der Waals surface area contributed by atoms with Crippen LogP contribution in [0.1, 0.15) is 44.6 Å². The monoisotopic (exact) mass is 355 g/mol. The Bertz CT molecular complexity index is 772. The smallest absolute Gasteiger partial charge is 0.308 e. The maximum atomic E-state index is 12.4. The summed E-state index contributed by atoms with van der Waals surface area (Å²) in [6.07, 6.45) is 7.77. The van der Waals surface area contributed by atoms with Crippen LogP contribution in [-0.2, 0) is 16.0 Å². The number of rotatable bonds is 6. The largest absolute Gasteiger partial charge is 0.481 e. The van der Waals surface area contributed by atoms with E-state index in [0.29, 0.717) is 25.7 Å². The van der Waals surface area contributed by atoms with E-state index >= 15 is 0 Å². The summed E-state index contributed by atoms with van der Waals surface area (Å²) in [5.41, 5.74) is 1.30. The molecule has 1 amide bonds. The van der Waals surface area contributed by atoms with E-state index in [9.17, 15) is 14.7 Å². The Morgan fingerprint density at radius 2 is 2.08 bits per heavy atom. The second kappa shape index (κ2) is 7.72. The van der Waals surface area contributed by atoms with Gasteiger partial charge in [-0.15, -0.1) is 0 Å². The summed E-state index contributed by atoms with van der Waals surface area (Å²) in [6.45, 7) is 1.86. The Hall–Kier alpha value is -2.63. The number of carbonyl (C=O) groups is 2. The molecule has 138 valence electrons. The van der Waals surface area contributed by atoms with Crippen molar-refractivity contribution in [2.45, 2.75) is 51.0 Å². The van der Waals surface area contributed by atoms with E-state index in [-0.39, 0.29) is 5.91 Å². The first-order valence-corrected chi connectivity index (χ1v) is 9.11. The van der Waals surface area contributed by atoms with Crippen LogP contribution in [0.4, 0.5) is 0 Å². The van der Waals surface area contributed by atoms with E-state index in [0.717, 1.165) is 24.1 Å². The summed E-state index contributed by atoms with van der Waals surface area (Å²) in [5, 5.41) is 16.8. The lowest BCUT2D eigenvalue weighted by molar-refractivity contribution is -0.146. The molecule has 1 fully saturated rings. The van der Waals surface area contributed by atoms with Crippen LogP contribution in [0.25, 0.3) is 5.69 Å². The summed E-state index contributed by atoms with van der Waals surface area (Å²) in [5.74, 6) is -1.44. The highest BCUT2D eigenvalue weighted by Crippen LogP contribution is 2.34. The van der Waals surface area contributed by atoms with Gasteiger partial charge in [0.15, 0.2) is 0 Å². The van der Waals surface area contributed by atoms with Crippen molar-refractivity contribution >= 4 is 11.9 Å². The van der Waals surface area contributed by atoms with Crippen LogP contribution in [-0.4, -0.2) is 32.3 Å². The maximum Gasteiger partial charge on any atom is 0.308 e. The van der Waals surface area contributed by atoms with Gasteiger partial charge in [-0.1, -0.05) is 31.0 Å². The van der Waals surface area contributed by atoms with Crippen LogP contribution in [0.15, 0.2) is 42.7 Å². The second-order valence-electron chi connectivity index (χ2n) is 7.23. The molecule has 3 rings (SSSR count). The van der Waals surface area contributed by atoms with Crippen molar-refractivity contribution in [2.24, 2.45) is 5.92 Å². The molecule has 1 heterocycles. The first-order valence-electron chi connectivity index (χ1n) is 9.11. The van der Waals surface area contributed by atoms with Crippen LogP contribution >= 0.6 is 0 Å². The fraction of sp³-hybridized carbons (Fsp3) is 0.450. The average molecular weight is 355 g/mol. The lowest BCUT2D eigenvalue weighted by atomic mass is 9.74. The highest BCUT2D eigenvalue weighted by Gasteiger charge is 2.41. The standard InChI is InChI=1S/C20H25N3O3/c1-20(12-6-5-9-17(20)19(25)26)22-18(24)11-10-15-13-21-23(14-15)16-7-3-2-4-8-16/h2-4,7-8,13-14,17H,5-6,9-12H2,1H3,(H,22,24)(H,25,26). The van der Waals surface area contributed by atoms with E-state index in [1.165, 1.54) is 0 Å². The van der Waals surface area contributed by atoms with Gasteiger partial charge in [0, 0.05) is 12.6 Å². The molecule has 0 radical (unpaired) electrons. The number of carboxylic acids is 1. The Kier molecular flexibility index (Phi) is 5.40. The first kappa shape index (κ1) is 18.2. The van der Waals surface area contributed by atoms with Gasteiger partial charge in [0.25, 0.3) is 0 Å². The number of para-hydroxylation sites is 1. The predicted octanol–water partition coefficient (Wildman–Crippen LogP) is 2.95. The highest BCUT2D eigenvalue weighted by molar-refractivity contribution is 5.79. The molecular weight excluding hydrogens is 330 g/mol. The predicted molar refractivity (Wildman–Crippen MR) is 98.0 cm³/mol. The molecule has 26 heavy (non-hydrogen) atoms. The molecule has 0 saturated heterocycles. The van der Waals surface area contributed by atoms with E-state index < -0.39 is 17.4 Å². The fourth-order valence-corrected chi connectivity index (χ4v) is 3.73. The molecule has 1 aliphatic carbocycles. The fourth-order valence-electron chi connectivity index (χ4n) is 3.73. The molecule has 2 N–H and O–H groups in total. The first-order chi connectivity index (χ1) is 12.5. The molecular formula is C20H25N3O3. The zero-order valence-corrected chi connectivity index (χ0v) is 15.0. The zero-order chi connectivity index (χ0) is 18.6. The van der Waals surface area contributed by atoms with E-state index in [4.69, 9.17) is 0 Å². The Balaban J connectivity index is 1.57. The minimum absolute atomic E-state index is 0.104. The molecule has 2 atom stereocenters. The van der Waals surface area contributed by atoms with Crippen LogP contribution < -0.4 is 5.32 Å². The molecule has 0 bridgehead atoms. The third kappa shape index (κ3) is 4.12. The van der Waals surface area contributed by atoms with Crippen molar-refractivity contribution in [1.29, 1.82) is 0 Å². The second-order valence-corrected chi connectivity index (χ2v) is 7.23. The molecule has 1 aromatic carbocycles. The summed E-state index contributed by atoms with van der Waals surface area (Å²) >= 11 is 0. The molecule has 2 unspecified atom stereocenters. The number of aromatic nitrogens is 2. The van der Waals surface area contributed by atoms with Crippen molar-refractivity contribution in [1.82, 2.24) is 15.1 Å². The summed E-state index contributed by atoms with van der Waals surface area (Å²) < 4.78 is 1.79. The van der Waals surface area contributed by atoms with E-state index in [2.05, 4.69) is 10.4 Å². The van der Waals surface area contributed by atoms with Crippen LogP contribution in [0, 0.1) is 5.92 Å². The number of benzene rings is 1. The Morgan fingerprint density at radius 1 is 1.31 bits per heavy atom. The Morgan fingerprint density at radius 3 is 2.81 bits per heavy atom. The molecule has 0 spiro atoms. The number of aliphatic carboxylic acids is 1. The number of hydrogen-bond donors (Lipinski definition) is 2. The third-order valence-electron chi connectivity index (χ3n) is 5.23. The summed E-state index contributed by atoms with van der Waals surface area (Å²) in [4.78, 5) is 23.9. The number of carbonyl (C=O) groups excluding carboxylic acids is 1. The van der Waals surface area contributed by atoms with Gasteiger partial charge in [0.2, 0.25) is 5.91 Å². The molecule has 2 aromatic rings. The van der Waals surface area contributed by atoms with Crippen molar-refractivity contribution < 1.29 is 14.7 Å². The number of carboxylic acid groups (broad SMARTS) is 1. The van der Waals surface area contributed by atoms with Gasteiger partial charge in [-0.3, -0.25) is 9.59 Å². The lowest BCUT2D eigenvalue weighted by Crippen LogP contribution is -2.55. The molecule has 6 nitrogen and oxygen atoms in total. The third-order valence-corrected chi connectivity index (χ3v) is 5.23. The molecule has 1 aromatic heterocycles. The quantitative estimate of drug-likeness (QED) is 0.834. The van der Waals surface area contributed by atoms with Crippen LogP contribution in [0.5, 0.6) is 0 Å². The number of nitrogens with zero attached hydrogens (tertiary/aromatic N) is 2. The van der Waals surface area contributed by atoms with Gasteiger partial charge in [-0.05, 0) is 43.9 Å². The van der Waals surface area contributed by atoms with E-state index in [1.807, 2.05) is 43.5 Å². The number of hydrogen-bond acceptors (Lipinski definition) is 3. The zero-order valence-electron chi connectivity index (χ0n) is 15.0. The summed E-state index contributed by atoms with van der Waals surface area (Å²) in [6, 6.07) is 9.80. The number of amides is 1.